The third-order valence-electron chi connectivity index (χ3n) is 3.55. The zero-order valence-electron chi connectivity index (χ0n) is 12.9. The van der Waals surface area contributed by atoms with Gasteiger partial charge in [0.25, 0.3) is 5.91 Å². The SMILES string of the molecule is Cl.O=C(Nc1ccc(Oc2cccc3[nH]ccc23)nc1)c1ccsc1. The highest BCUT2D eigenvalue weighted by molar-refractivity contribution is 7.08. The van der Waals surface area contributed by atoms with Crippen LogP contribution in [0.2, 0.25) is 0 Å². The molecule has 0 atom stereocenters. The first-order valence-corrected chi connectivity index (χ1v) is 8.27. The average Bonchev–Trinajstić information content (AvgIpc) is 3.28. The van der Waals surface area contributed by atoms with Gasteiger partial charge in [-0.2, -0.15) is 11.3 Å². The molecule has 0 unspecified atom stereocenters. The molecule has 1 aromatic carbocycles. The molecular weight excluding hydrogens is 358 g/mol. The third-order valence-corrected chi connectivity index (χ3v) is 4.23. The minimum Gasteiger partial charge on any atom is -0.438 e. The zero-order chi connectivity index (χ0) is 16.4. The summed E-state index contributed by atoms with van der Waals surface area (Å²) in [5, 5.41) is 7.47. The Balaban J connectivity index is 0.00000182. The van der Waals surface area contributed by atoms with E-state index in [0.29, 0.717) is 17.1 Å². The Hall–Kier alpha value is -2.83. The summed E-state index contributed by atoms with van der Waals surface area (Å²) in [5.74, 6) is 1.05. The average molecular weight is 372 g/mol. The maximum atomic E-state index is 12.0. The lowest BCUT2D eigenvalue weighted by molar-refractivity contribution is 0.102. The van der Waals surface area contributed by atoms with Crippen LogP contribution in [0.25, 0.3) is 10.9 Å². The normalized spacial score (nSPS) is 10.2. The highest BCUT2D eigenvalue weighted by atomic mass is 35.5. The molecule has 126 valence electrons. The number of hydrogen-bond acceptors (Lipinski definition) is 4. The standard InChI is InChI=1S/C18H13N3O2S.ClH/c22-18(12-7-9-24-11-12)21-13-4-5-17(20-10-13)23-16-3-1-2-15-14(16)6-8-19-15;/h1-11,19H,(H,21,22);1H. The van der Waals surface area contributed by atoms with E-state index in [4.69, 9.17) is 4.74 Å². The van der Waals surface area contributed by atoms with Gasteiger partial charge in [0.2, 0.25) is 5.88 Å². The molecule has 25 heavy (non-hydrogen) atoms. The maximum Gasteiger partial charge on any atom is 0.256 e. The second-order valence-electron chi connectivity index (χ2n) is 5.15. The molecule has 0 saturated heterocycles. The van der Waals surface area contributed by atoms with Crippen molar-refractivity contribution in [3.05, 3.63) is 71.2 Å². The first-order chi connectivity index (χ1) is 11.8. The van der Waals surface area contributed by atoms with E-state index < -0.39 is 0 Å². The quantitative estimate of drug-likeness (QED) is 0.525. The maximum absolute atomic E-state index is 12.0. The molecule has 3 aromatic heterocycles. The van der Waals surface area contributed by atoms with Gasteiger partial charge in [-0.1, -0.05) is 6.07 Å². The van der Waals surface area contributed by atoms with Gasteiger partial charge in [-0.3, -0.25) is 4.79 Å². The number of aromatic amines is 1. The van der Waals surface area contributed by atoms with Crippen LogP contribution in [0.4, 0.5) is 5.69 Å². The van der Waals surface area contributed by atoms with Gasteiger partial charge in [-0.25, -0.2) is 4.98 Å². The molecule has 0 aliphatic carbocycles. The lowest BCUT2D eigenvalue weighted by Crippen LogP contribution is -2.10. The molecule has 4 rings (SSSR count). The van der Waals surface area contributed by atoms with Gasteiger partial charge < -0.3 is 15.0 Å². The number of fused-ring (bicyclic) bond motifs is 1. The van der Waals surface area contributed by atoms with Crippen molar-refractivity contribution in [2.75, 3.05) is 5.32 Å². The van der Waals surface area contributed by atoms with Crippen molar-refractivity contribution >= 4 is 46.2 Å². The Morgan fingerprint density at radius 2 is 2.08 bits per heavy atom. The fourth-order valence-corrected chi connectivity index (χ4v) is 3.01. The van der Waals surface area contributed by atoms with Gasteiger partial charge in [0, 0.05) is 28.5 Å². The van der Waals surface area contributed by atoms with E-state index in [1.54, 1.807) is 29.8 Å². The second kappa shape index (κ2) is 7.38. The van der Waals surface area contributed by atoms with Crippen LogP contribution in [0, 0.1) is 0 Å². The lowest BCUT2D eigenvalue weighted by atomic mass is 10.2. The van der Waals surface area contributed by atoms with Gasteiger partial charge in [-0.05, 0) is 35.7 Å². The molecule has 0 saturated carbocycles. The van der Waals surface area contributed by atoms with Crippen LogP contribution in [0.3, 0.4) is 0 Å². The summed E-state index contributed by atoms with van der Waals surface area (Å²) in [7, 11) is 0. The molecule has 0 fully saturated rings. The molecule has 0 radical (unpaired) electrons. The topological polar surface area (TPSA) is 67.0 Å². The van der Waals surface area contributed by atoms with Crippen molar-refractivity contribution in [3.8, 4) is 11.6 Å². The monoisotopic (exact) mass is 371 g/mol. The number of pyridine rings is 1. The van der Waals surface area contributed by atoms with E-state index in [0.717, 1.165) is 16.7 Å². The van der Waals surface area contributed by atoms with Crippen molar-refractivity contribution in [2.45, 2.75) is 0 Å². The number of carbonyl (C=O) groups is 1. The number of carbonyl (C=O) groups excluding carboxylic acids is 1. The predicted molar refractivity (Wildman–Crippen MR) is 102 cm³/mol. The number of hydrogen-bond donors (Lipinski definition) is 2. The summed E-state index contributed by atoms with van der Waals surface area (Å²) in [4.78, 5) is 19.4. The first-order valence-electron chi connectivity index (χ1n) is 7.33. The molecule has 5 nitrogen and oxygen atoms in total. The summed E-state index contributed by atoms with van der Waals surface area (Å²) >= 11 is 1.48. The molecule has 0 aliphatic rings. The summed E-state index contributed by atoms with van der Waals surface area (Å²) in [6.45, 7) is 0. The predicted octanol–water partition coefficient (Wildman–Crippen LogP) is 5.09. The molecule has 3 heterocycles. The lowest BCUT2D eigenvalue weighted by Gasteiger charge is -2.07. The number of halogens is 1. The van der Waals surface area contributed by atoms with Crippen molar-refractivity contribution in [2.24, 2.45) is 0 Å². The number of H-pyrrole nitrogens is 1. The number of nitrogens with one attached hydrogen (secondary N) is 2. The van der Waals surface area contributed by atoms with Crippen LogP contribution in [-0.2, 0) is 0 Å². The summed E-state index contributed by atoms with van der Waals surface area (Å²) in [5.41, 5.74) is 2.27. The number of aromatic nitrogens is 2. The molecule has 0 bridgehead atoms. The smallest absolute Gasteiger partial charge is 0.256 e. The zero-order valence-corrected chi connectivity index (χ0v) is 14.6. The Morgan fingerprint density at radius 3 is 2.84 bits per heavy atom. The largest absolute Gasteiger partial charge is 0.438 e. The Morgan fingerprint density at radius 1 is 1.16 bits per heavy atom. The molecule has 1 amide bonds. The van der Waals surface area contributed by atoms with E-state index in [1.165, 1.54) is 11.3 Å². The van der Waals surface area contributed by atoms with Crippen molar-refractivity contribution in [3.63, 3.8) is 0 Å². The molecule has 2 N–H and O–H groups in total. The van der Waals surface area contributed by atoms with Gasteiger partial charge in [0.1, 0.15) is 5.75 Å². The van der Waals surface area contributed by atoms with Gasteiger partial charge >= 0.3 is 0 Å². The third kappa shape index (κ3) is 3.65. The molecule has 7 heteroatoms. The summed E-state index contributed by atoms with van der Waals surface area (Å²) in [6.07, 6.45) is 3.45. The van der Waals surface area contributed by atoms with Crippen LogP contribution >= 0.6 is 23.7 Å². The number of benzene rings is 1. The second-order valence-corrected chi connectivity index (χ2v) is 5.93. The van der Waals surface area contributed by atoms with Gasteiger partial charge in [0.05, 0.1) is 17.4 Å². The molecule has 0 spiro atoms. The van der Waals surface area contributed by atoms with E-state index >= 15 is 0 Å². The number of anilines is 1. The Bertz CT molecular complexity index is 981. The minimum absolute atomic E-state index is 0. The van der Waals surface area contributed by atoms with Crippen molar-refractivity contribution < 1.29 is 9.53 Å². The van der Waals surface area contributed by atoms with Crippen molar-refractivity contribution in [1.29, 1.82) is 0 Å². The van der Waals surface area contributed by atoms with Crippen LogP contribution in [0.5, 0.6) is 11.6 Å². The van der Waals surface area contributed by atoms with Crippen LogP contribution in [0.1, 0.15) is 10.4 Å². The highest BCUT2D eigenvalue weighted by Gasteiger charge is 2.08. The van der Waals surface area contributed by atoms with Gasteiger partial charge in [0.15, 0.2) is 0 Å². The van der Waals surface area contributed by atoms with Crippen molar-refractivity contribution in [1.82, 2.24) is 9.97 Å². The van der Waals surface area contributed by atoms with Crippen LogP contribution in [-0.4, -0.2) is 15.9 Å². The summed E-state index contributed by atoms with van der Waals surface area (Å²) < 4.78 is 5.84. The van der Waals surface area contributed by atoms with E-state index in [2.05, 4.69) is 15.3 Å². The van der Waals surface area contributed by atoms with E-state index in [1.807, 2.05) is 35.8 Å². The molecular formula is C18H14ClN3O2S. The minimum atomic E-state index is -0.149. The van der Waals surface area contributed by atoms with Crippen LogP contribution in [0.15, 0.2) is 65.6 Å². The highest BCUT2D eigenvalue weighted by Crippen LogP contribution is 2.28. The fraction of sp³-hybridized carbons (Fsp3) is 0. The number of amides is 1. The molecule has 4 aromatic rings. The summed E-state index contributed by atoms with van der Waals surface area (Å²) in [6, 6.07) is 13.0. The number of thiophene rings is 1. The first kappa shape index (κ1) is 17.0. The number of rotatable bonds is 4. The van der Waals surface area contributed by atoms with E-state index in [9.17, 15) is 4.79 Å². The Labute approximate surface area is 154 Å². The number of nitrogens with zero attached hydrogens (tertiary/aromatic N) is 1. The van der Waals surface area contributed by atoms with Gasteiger partial charge in [-0.15, -0.1) is 12.4 Å². The number of ether oxygens (including phenoxy) is 1. The van der Waals surface area contributed by atoms with Crippen LogP contribution < -0.4 is 10.1 Å². The fourth-order valence-electron chi connectivity index (χ4n) is 2.37. The van der Waals surface area contributed by atoms with E-state index in [-0.39, 0.29) is 18.3 Å². The Kier molecular flexibility index (Phi) is 5.02. The molecule has 0 aliphatic heterocycles.